The summed E-state index contributed by atoms with van der Waals surface area (Å²) in [6.45, 7) is 3.17. The van der Waals surface area contributed by atoms with E-state index in [-0.39, 0.29) is 28.0 Å². The van der Waals surface area contributed by atoms with Gasteiger partial charge in [-0.25, -0.2) is 0 Å². The van der Waals surface area contributed by atoms with Crippen molar-refractivity contribution in [2.24, 2.45) is 5.10 Å². The molecule has 0 saturated heterocycles. The van der Waals surface area contributed by atoms with Crippen LogP contribution in [-0.4, -0.2) is 43.4 Å². The Morgan fingerprint density at radius 2 is 2.19 bits per heavy atom. The zero-order valence-electron chi connectivity index (χ0n) is 11.1. The third-order valence-electron chi connectivity index (χ3n) is 3.07. The highest BCUT2D eigenvalue weighted by atomic mass is 35.5. The highest BCUT2D eigenvalue weighted by molar-refractivity contribution is 6.33. The molecular formula is C11H12ClF3N4O2. The molecule has 2 rings (SSSR count). The second-order valence-corrected chi connectivity index (χ2v) is 5.01. The lowest BCUT2D eigenvalue weighted by Gasteiger charge is -2.32. The fourth-order valence-corrected chi connectivity index (χ4v) is 2.29. The molecule has 1 aliphatic rings. The minimum Gasteiger partial charge on any atom is -0.362 e. The molecule has 1 aromatic heterocycles. The van der Waals surface area contributed by atoms with Gasteiger partial charge in [-0.15, -0.1) is 0 Å². The Kier molecular flexibility index (Phi) is 3.75. The molecule has 2 heterocycles. The van der Waals surface area contributed by atoms with Gasteiger partial charge in [0.2, 0.25) is 0 Å². The normalized spacial score (nSPS) is 22.6. The van der Waals surface area contributed by atoms with Gasteiger partial charge < -0.3 is 5.11 Å². The van der Waals surface area contributed by atoms with Gasteiger partial charge in [0, 0.05) is 18.7 Å². The molecule has 21 heavy (non-hydrogen) atoms. The van der Waals surface area contributed by atoms with Gasteiger partial charge in [0.1, 0.15) is 5.69 Å². The fourth-order valence-electron chi connectivity index (χ4n) is 2.07. The molecule has 116 valence electrons. The van der Waals surface area contributed by atoms with Crippen molar-refractivity contribution in [2.75, 3.05) is 0 Å². The number of hydrogen-bond acceptors (Lipinski definition) is 4. The molecule has 10 heteroatoms. The van der Waals surface area contributed by atoms with Crippen LogP contribution in [0, 0.1) is 0 Å². The number of halogens is 4. The number of aliphatic hydroxyl groups is 1. The first kappa shape index (κ1) is 15.8. The van der Waals surface area contributed by atoms with Crippen LogP contribution in [0.15, 0.2) is 11.3 Å². The number of hydrazone groups is 1. The number of nitrogens with zero attached hydrogens (tertiary/aromatic N) is 4. The lowest BCUT2D eigenvalue weighted by atomic mass is 10.1. The van der Waals surface area contributed by atoms with E-state index in [9.17, 15) is 23.1 Å². The van der Waals surface area contributed by atoms with Crippen molar-refractivity contribution in [3.8, 4) is 0 Å². The van der Waals surface area contributed by atoms with E-state index in [1.54, 1.807) is 6.92 Å². The Bertz CT molecular complexity index is 613. The van der Waals surface area contributed by atoms with Crippen molar-refractivity contribution < 1.29 is 23.1 Å². The van der Waals surface area contributed by atoms with Crippen LogP contribution in [0.4, 0.5) is 13.2 Å². The maximum absolute atomic E-state index is 13.1. The minimum absolute atomic E-state index is 0.0122. The summed E-state index contributed by atoms with van der Waals surface area (Å²) in [5.74, 6) is -1.16. The zero-order valence-corrected chi connectivity index (χ0v) is 11.9. The maximum Gasteiger partial charge on any atom is 0.438 e. The van der Waals surface area contributed by atoms with Crippen molar-refractivity contribution in [3.05, 3.63) is 16.9 Å². The Morgan fingerprint density at radius 1 is 1.57 bits per heavy atom. The quantitative estimate of drug-likeness (QED) is 0.905. The predicted molar refractivity (Wildman–Crippen MR) is 67.8 cm³/mol. The highest BCUT2D eigenvalue weighted by Crippen LogP contribution is 2.41. The standard InChI is InChI=1S/C11H12ClF3N4O2/c1-3-18-8(7(12)5-16-18)9(20)19-10(21,11(13,14)15)4-6(2)17-19/h5,21H,3-4H2,1-2H3. The molecule has 1 aromatic rings. The van der Waals surface area contributed by atoms with E-state index in [0.717, 1.165) is 10.9 Å². The van der Waals surface area contributed by atoms with Gasteiger partial charge in [0.05, 0.1) is 11.2 Å². The van der Waals surface area contributed by atoms with Crippen LogP contribution in [0.3, 0.4) is 0 Å². The summed E-state index contributed by atoms with van der Waals surface area (Å²) in [6, 6.07) is 0. The number of aromatic nitrogens is 2. The predicted octanol–water partition coefficient (Wildman–Crippen LogP) is 2.03. The molecule has 1 unspecified atom stereocenters. The van der Waals surface area contributed by atoms with E-state index in [4.69, 9.17) is 11.6 Å². The second-order valence-electron chi connectivity index (χ2n) is 4.60. The van der Waals surface area contributed by atoms with E-state index in [1.807, 2.05) is 0 Å². The zero-order chi connectivity index (χ0) is 16.0. The summed E-state index contributed by atoms with van der Waals surface area (Å²) in [7, 11) is 0. The summed E-state index contributed by atoms with van der Waals surface area (Å²) in [4.78, 5) is 12.3. The van der Waals surface area contributed by atoms with Gasteiger partial charge in [0.25, 0.3) is 11.6 Å². The topological polar surface area (TPSA) is 70.7 Å². The van der Waals surface area contributed by atoms with E-state index < -0.39 is 24.2 Å². The van der Waals surface area contributed by atoms with E-state index >= 15 is 0 Å². The molecule has 0 radical (unpaired) electrons. The smallest absolute Gasteiger partial charge is 0.362 e. The number of aryl methyl sites for hydroxylation is 1. The van der Waals surface area contributed by atoms with Crippen LogP contribution in [0.5, 0.6) is 0 Å². The molecule has 6 nitrogen and oxygen atoms in total. The average Bonchev–Trinajstić information content (AvgIpc) is 2.88. The van der Waals surface area contributed by atoms with Gasteiger partial charge in [-0.3, -0.25) is 9.48 Å². The first-order valence-electron chi connectivity index (χ1n) is 6.01. The van der Waals surface area contributed by atoms with Gasteiger partial charge in [-0.05, 0) is 13.8 Å². The summed E-state index contributed by atoms with van der Waals surface area (Å²) in [6.07, 6.45) is -4.70. The maximum atomic E-state index is 13.1. The van der Waals surface area contributed by atoms with Gasteiger partial charge in [-0.1, -0.05) is 11.6 Å². The molecule has 0 aliphatic carbocycles. The lowest BCUT2D eigenvalue weighted by molar-refractivity contribution is -0.297. The molecule has 0 bridgehead atoms. The number of amides is 1. The van der Waals surface area contributed by atoms with Crippen LogP contribution < -0.4 is 0 Å². The SMILES string of the molecule is CCn1ncc(Cl)c1C(=O)N1N=C(C)CC1(O)C(F)(F)F. The fraction of sp³-hybridized carbons (Fsp3) is 0.545. The summed E-state index contributed by atoms with van der Waals surface area (Å²) < 4.78 is 40.4. The van der Waals surface area contributed by atoms with Crippen molar-refractivity contribution in [1.29, 1.82) is 0 Å². The van der Waals surface area contributed by atoms with Gasteiger partial charge in [0.15, 0.2) is 0 Å². The molecule has 0 spiro atoms. The molecule has 1 amide bonds. The Balaban J connectivity index is 2.48. The van der Waals surface area contributed by atoms with Gasteiger partial charge in [-0.2, -0.15) is 28.4 Å². The molecule has 0 fully saturated rings. The Morgan fingerprint density at radius 3 is 2.71 bits per heavy atom. The first-order valence-corrected chi connectivity index (χ1v) is 6.38. The van der Waals surface area contributed by atoms with E-state index in [2.05, 4.69) is 10.2 Å². The summed E-state index contributed by atoms with van der Waals surface area (Å²) in [5, 5.41) is 17.1. The summed E-state index contributed by atoms with van der Waals surface area (Å²) in [5.41, 5.74) is -3.64. The van der Waals surface area contributed by atoms with Crippen LogP contribution >= 0.6 is 11.6 Å². The van der Waals surface area contributed by atoms with Crippen molar-refractivity contribution in [2.45, 2.75) is 38.7 Å². The Hall–Kier alpha value is -1.61. The minimum atomic E-state index is -5.05. The molecular weight excluding hydrogens is 313 g/mol. The third-order valence-corrected chi connectivity index (χ3v) is 3.34. The molecule has 1 N–H and O–H groups in total. The van der Waals surface area contributed by atoms with E-state index in [1.165, 1.54) is 6.92 Å². The number of carbonyl (C=O) groups excluding carboxylic acids is 1. The van der Waals surface area contributed by atoms with Crippen LogP contribution in [0.1, 0.15) is 30.8 Å². The number of hydrogen-bond donors (Lipinski definition) is 1. The number of rotatable bonds is 2. The molecule has 1 aliphatic heterocycles. The molecule has 1 atom stereocenters. The van der Waals surface area contributed by atoms with Crippen LogP contribution in [-0.2, 0) is 6.54 Å². The van der Waals surface area contributed by atoms with Crippen LogP contribution in [0.2, 0.25) is 5.02 Å². The monoisotopic (exact) mass is 324 g/mol. The van der Waals surface area contributed by atoms with Crippen molar-refractivity contribution in [1.82, 2.24) is 14.8 Å². The summed E-state index contributed by atoms with van der Waals surface area (Å²) >= 11 is 5.80. The van der Waals surface area contributed by atoms with Crippen molar-refractivity contribution in [3.63, 3.8) is 0 Å². The lowest BCUT2D eigenvalue weighted by Crippen LogP contribution is -2.56. The van der Waals surface area contributed by atoms with Gasteiger partial charge >= 0.3 is 6.18 Å². The number of carbonyl (C=O) groups is 1. The van der Waals surface area contributed by atoms with Crippen molar-refractivity contribution >= 4 is 23.2 Å². The second kappa shape index (κ2) is 4.99. The molecule has 0 saturated carbocycles. The first-order chi connectivity index (χ1) is 9.61. The third kappa shape index (κ3) is 2.40. The van der Waals surface area contributed by atoms with E-state index in [0.29, 0.717) is 0 Å². The Labute approximate surface area is 122 Å². The average molecular weight is 325 g/mol. The van der Waals surface area contributed by atoms with Crippen LogP contribution in [0.25, 0.3) is 0 Å². The highest BCUT2D eigenvalue weighted by Gasteiger charge is 2.63. The number of alkyl halides is 3. The molecule has 0 aromatic carbocycles. The largest absolute Gasteiger partial charge is 0.438 e.